The van der Waals surface area contributed by atoms with Crippen LogP contribution in [0.2, 0.25) is 0 Å². The van der Waals surface area contributed by atoms with Crippen molar-refractivity contribution in [2.75, 3.05) is 13.7 Å². The van der Waals surface area contributed by atoms with Gasteiger partial charge in [-0.2, -0.15) is 0 Å². The van der Waals surface area contributed by atoms with E-state index in [1.165, 1.54) is 0 Å². The van der Waals surface area contributed by atoms with Crippen LogP contribution in [0.25, 0.3) is 6.08 Å². The Labute approximate surface area is 130 Å². The van der Waals surface area contributed by atoms with Crippen LogP contribution in [0.5, 0.6) is 0 Å². The fourth-order valence-electron chi connectivity index (χ4n) is 1.41. The minimum Gasteiger partial charge on any atom is -0.385 e. The van der Waals surface area contributed by atoms with Gasteiger partial charge >= 0.3 is 0 Å². The van der Waals surface area contributed by atoms with Crippen LogP contribution in [-0.4, -0.2) is 25.0 Å². The van der Waals surface area contributed by atoms with Gasteiger partial charge in [-0.15, -0.1) is 0 Å². The summed E-state index contributed by atoms with van der Waals surface area (Å²) in [6, 6.07) is 0. The number of nitrogens with zero attached hydrogens (tertiary/aromatic N) is 1. The maximum atomic E-state index is 10.9. The maximum absolute atomic E-state index is 10.9. The van der Waals surface area contributed by atoms with E-state index in [0.717, 1.165) is 53.3 Å². The van der Waals surface area contributed by atoms with E-state index in [9.17, 15) is 4.79 Å². The van der Waals surface area contributed by atoms with Gasteiger partial charge in [-0.05, 0) is 65.4 Å². The van der Waals surface area contributed by atoms with Crippen LogP contribution in [0.3, 0.4) is 0 Å². The van der Waals surface area contributed by atoms with E-state index in [1.54, 1.807) is 19.5 Å². The second-order valence-electron chi connectivity index (χ2n) is 4.35. The molecule has 0 aliphatic carbocycles. The molecule has 0 radical (unpaired) electrons. The molecule has 0 N–H and O–H groups in total. The molecule has 0 unspecified atom stereocenters. The van der Waals surface area contributed by atoms with Crippen molar-refractivity contribution in [1.29, 1.82) is 0 Å². The molecule has 1 heterocycles. The van der Waals surface area contributed by atoms with Crippen molar-refractivity contribution in [3.05, 3.63) is 33.6 Å². The molecule has 4 heteroatoms. The lowest BCUT2D eigenvalue weighted by molar-refractivity contribution is -0.105. The van der Waals surface area contributed by atoms with E-state index in [-0.39, 0.29) is 0 Å². The monoisotopic (exact) mass is 341 g/mol. The number of aromatic nitrogens is 1. The summed E-state index contributed by atoms with van der Waals surface area (Å²) >= 11 is 3.43. The van der Waals surface area contributed by atoms with Crippen LogP contribution >= 0.6 is 15.9 Å². The molecule has 0 fully saturated rings. The van der Waals surface area contributed by atoms with Gasteiger partial charge in [-0.1, -0.05) is 13.3 Å². The van der Waals surface area contributed by atoms with Crippen LogP contribution in [0.4, 0.5) is 0 Å². The van der Waals surface area contributed by atoms with Gasteiger partial charge in [0.25, 0.3) is 0 Å². The lowest BCUT2D eigenvalue weighted by Gasteiger charge is -2.04. The predicted octanol–water partition coefficient (Wildman–Crippen LogP) is 4.58. The Morgan fingerprint density at radius 3 is 2.55 bits per heavy atom. The zero-order valence-corrected chi connectivity index (χ0v) is 14.4. The summed E-state index contributed by atoms with van der Waals surface area (Å²) in [5.74, 6) is 0. The van der Waals surface area contributed by atoms with Gasteiger partial charge in [0.1, 0.15) is 6.29 Å². The number of carbonyl (C=O) groups excluding carboxylic acids is 1. The predicted molar refractivity (Wildman–Crippen MR) is 87.8 cm³/mol. The van der Waals surface area contributed by atoms with E-state index in [1.807, 2.05) is 19.9 Å². The molecule has 0 aliphatic heterocycles. The second kappa shape index (κ2) is 11.8. The number of unbranched alkanes of at least 4 members (excludes halogenated alkanes) is 1. The number of ether oxygens (including phenoxy) is 1. The number of carbonyl (C=O) groups is 1. The van der Waals surface area contributed by atoms with Gasteiger partial charge < -0.3 is 4.74 Å². The van der Waals surface area contributed by atoms with Crippen molar-refractivity contribution >= 4 is 28.3 Å². The number of hydrogen-bond acceptors (Lipinski definition) is 3. The lowest BCUT2D eigenvalue weighted by atomic mass is 10.1. The van der Waals surface area contributed by atoms with E-state index < -0.39 is 0 Å². The maximum Gasteiger partial charge on any atom is 0.146 e. The largest absolute Gasteiger partial charge is 0.385 e. The molecule has 1 rings (SSSR count). The topological polar surface area (TPSA) is 39.2 Å². The number of halogens is 1. The number of pyridine rings is 1. The van der Waals surface area contributed by atoms with Crippen molar-refractivity contribution in [3.8, 4) is 0 Å². The van der Waals surface area contributed by atoms with E-state index in [4.69, 9.17) is 0 Å². The quantitative estimate of drug-likeness (QED) is 0.561. The average Bonchev–Trinajstić information content (AvgIpc) is 2.48. The third-order valence-electron chi connectivity index (χ3n) is 2.79. The molecular formula is C16H24BrNO2. The molecule has 3 nitrogen and oxygen atoms in total. The Kier molecular flexibility index (Phi) is 11.2. The Hall–Kier alpha value is -1.00. The third kappa shape index (κ3) is 7.56. The highest BCUT2D eigenvalue weighted by atomic mass is 79.9. The molecule has 0 amide bonds. The number of hydrogen-bond donors (Lipinski definition) is 0. The van der Waals surface area contributed by atoms with Gasteiger partial charge in [-0.25, -0.2) is 0 Å². The zero-order valence-electron chi connectivity index (χ0n) is 12.8. The number of rotatable bonds is 6. The van der Waals surface area contributed by atoms with Gasteiger partial charge in [0.15, 0.2) is 0 Å². The summed E-state index contributed by atoms with van der Waals surface area (Å²) in [6.07, 6.45) is 9.40. The van der Waals surface area contributed by atoms with Gasteiger partial charge in [0.2, 0.25) is 0 Å². The fourth-order valence-corrected chi connectivity index (χ4v) is 1.75. The third-order valence-corrected chi connectivity index (χ3v) is 3.59. The minimum absolute atomic E-state index is 0.819. The van der Waals surface area contributed by atoms with Crippen molar-refractivity contribution in [1.82, 2.24) is 4.98 Å². The smallest absolute Gasteiger partial charge is 0.146 e. The first kappa shape index (κ1) is 19.0. The summed E-state index contributed by atoms with van der Waals surface area (Å²) in [5.41, 5.74) is 2.96. The highest BCUT2D eigenvalue weighted by Gasteiger charge is 2.02. The molecule has 0 atom stereocenters. The molecule has 0 aliphatic rings. The fraction of sp³-hybridized carbons (Fsp3) is 0.500. The number of methoxy groups -OCH3 is 1. The van der Waals surface area contributed by atoms with Gasteiger partial charge in [0.05, 0.1) is 0 Å². The molecule has 112 valence electrons. The van der Waals surface area contributed by atoms with Crippen LogP contribution in [0, 0.1) is 6.92 Å². The summed E-state index contributed by atoms with van der Waals surface area (Å²) in [7, 11) is 1.68. The van der Waals surface area contributed by atoms with Crippen LogP contribution in [0.1, 0.15) is 44.2 Å². The van der Waals surface area contributed by atoms with E-state index in [0.29, 0.717) is 0 Å². The van der Waals surface area contributed by atoms with E-state index >= 15 is 0 Å². The summed E-state index contributed by atoms with van der Waals surface area (Å²) in [5, 5.41) is 0. The second-order valence-corrected chi connectivity index (χ2v) is 5.21. The van der Waals surface area contributed by atoms with Crippen LogP contribution in [0.15, 0.2) is 22.4 Å². The van der Waals surface area contributed by atoms with Crippen molar-refractivity contribution < 1.29 is 9.53 Å². The molecular weight excluding hydrogens is 318 g/mol. The Balaban J connectivity index is 0.000000796. The lowest BCUT2D eigenvalue weighted by Crippen LogP contribution is -1.90. The minimum atomic E-state index is 0.819. The highest BCUT2D eigenvalue weighted by Crippen LogP contribution is 2.20. The Morgan fingerprint density at radius 2 is 2.05 bits per heavy atom. The van der Waals surface area contributed by atoms with Gasteiger partial charge in [-0.3, -0.25) is 9.78 Å². The Bertz CT molecular complexity index is 428. The molecule has 0 saturated carbocycles. The first-order valence-corrected chi connectivity index (χ1v) is 7.64. The first-order valence-electron chi connectivity index (χ1n) is 6.85. The molecule has 20 heavy (non-hydrogen) atoms. The average molecular weight is 342 g/mol. The molecule has 0 aromatic carbocycles. The first-order chi connectivity index (χ1) is 9.60. The molecule has 0 spiro atoms. The molecule has 1 aromatic rings. The van der Waals surface area contributed by atoms with Crippen molar-refractivity contribution in [2.45, 2.75) is 40.0 Å². The summed E-state index contributed by atoms with van der Waals surface area (Å²) < 4.78 is 5.52. The normalized spacial score (nSPS) is 10.8. The summed E-state index contributed by atoms with van der Waals surface area (Å²) in [4.78, 5) is 15.0. The molecule has 1 aromatic heterocycles. The Morgan fingerprint density at radius 1 is 1.40 bits per heavy atom. The SMILES string of the molecule is CCCC/C(C=O)=C\c1cncc(Br)c1C.CCOC. The standard InChI is InChI=1S/C13H16BrNO.C3H8O/c1-3-4-5-11(9-16)6-12-7-15-8-13(14)10(12)2;1-3-4-2/h6-9H,3-5H2,1-2H3;3H2,1-2H3/b11-6+;. The highest BCUT2D eigenvalue weighted by molar-refractivity contribution is 9.10. The van der Waals surface area contributed by atoms with Crippen molar-refractivity contribution in [3.63, 3.8) is 0 Å². The van der Waals surface area contributed by atoms with E-state index in [2.05, 4.69) is 32.6 Å². The van der Waals surface area contributed by atoms with Gasteiger partial charge in [0, 0.05) is 30.6 Å². The number of aldehydes is 1. The molecule has 0 saturated heterocycles. The zero-order chi connectivity index (χ0) is 15.4. The van der Waals surface area contributed by atoms with Crippen LogP contribution < -0.4 is 0 Å². The van der Waals surface area contributed by atoms with Crippen LogP contribution in [-0.2, 0) is 9.53 Å². The number of allylic oxidation sites excluding steroid dienone is 1. The molecule has 0 bridgehead atoms. The van der Waals surface area contributed by atoms with Crippen molar-refractivity contribution in [2.24, 2.45) is 0 Å². The summed E-state index contributed by atoms with van der Waals surface area (Å²) in [6.45, 7) is 6.91.